The van der Waals surface area contributed by atoms with Crippen molar-refractivity contribution >= 4 is 11.8 Å². The van der Waals surface area contributed by atoms with Gasteiger partial charge >= 0.3 is 0 Å². The van der Waals surface area contributed by atoms with E-state index in [9.17, 15) is 0 Å². The molecule has 1 heterocycles. The molecule has 1 aliphatic heterocycles. The molecular weight excluding hydrogens is 194 g/mol. The van der Waals surface area contributed by atoms with E-state index >= 15 is 0 Å². The summed E-state index contributed by atoms with van der Waals surface area (Å²) in [6, 6.07) is 0. The minimum absolute atomic E-state index is 0.829. The topological polar surface area (TPSA) is 12.5 Å². The van der Waals surface area contributed by atoms with Crippen LogP contribution in [0, 0.1) is 0 Å². The van der Waals surface area contributed by atoms with Crippen LogP contribution >= 0.6 is 11.8 Å². The van der Waals surface area contributed by atoms with Gasteiger partial charge in [0.2, 0.25) is 0 Å². The van der Waals surface area contributed by atoms with Gasteiger partial charge in [-0.2, -0.15) is 0 Å². The van der Waals surface area contributed by atoms with Crippen LogP contribution in [-0.4, -0.2) is 31.2 Å². The number of morpholine rings is 1. The Bertz CT molecular complexity index is 219. The molecule has 0 aromatic heterocycles. The van der Waals surface area contributed by atoms with Gasteiger partial charge in [-0.25, -0.2) is 0 Å². The first kappa shape index (κ1) is 11.7. The summed E-state index contributed by atoms with van der Waals surface area (Å²) in [6.45, 7) is 12.0. The van der Waals surface area contributed by atoms with Gasteiger partial charge in [-0.15, -0.1) is 0 Å². The SMILES string of the molecule is C=C(S/C=C(\C)CC)N1CCOCC1. The van der Waals surface area contributed by atoms with Gasteiger partial charge in [0.05, 0.1) is 18.2 Å². The Kier molecular flexibility index (Phi) is 5.12. The van der Waals surface area contributed by atoms with Crippen LogP contribution in [0.15, 0.2) is 22.6 Å². The van der Waals surface area contributed by atoms with Crippen molar-refractivity contribution in [3.63, 3.8) is 0 Å². The predicted octanol–water partition coefficient (Wildman–Crippen LogP) is 2.84. The summed E-state index contributed by atoms with van der Waals surface area (Å²) in [4.78, 5) is 2.29. The maximum absolute atomic E-state index is 5.29. The number of thioether (sulfide) groups is 1. The molecule has 14 heavy (non-hydrogen) atoms. The van der Waals surface area contributed by atoms with Crippen molar-refractivity contribution in [1.29, 1.82) is 0 Å². The second kappa shape index (κ2) is 6.14. The van der Waals surface area contributed by atoms with Crippen LogP contribution < -0.4 is 0 Å². The molecule has 1 fully saturated rings. The second-order valence-corrected chi connectivity index (χ2v) is 4.37. The average Bonchev–Trinajstić information content (AvgIpc) is 2.26. The average molecular weight is 213 g/mol. The van der Waals surface area contributed by atoms with Gasteiger partial charge in [0.1, 0.15) is 0 Å². The van der Waals surface area contributed by atoms with Crippen molar-refractivity contribution in [3.05, 3.63) is 22.6 Å². The molecule has 0 unspecified atom stereocenters. The van der Waals surface area contributed by atoms with Gasteiger partial charge < -0.3 is 9.64 Å². The molecule has 2 nitrogen and oxygen atoms in total. The molecule has 1 aliphatic rings. The van der Waals surface area contributed by atoms with Gasteiger partial charge in [0.25, 0.3) is 0 Å². The Morgan fingerprint density at radius 3 is 2.71 bits per heavy atom. The minimum Gasteiger partial charge on any atom is -0.378 e. The largest absolute Gasteiger partial charge is 0.378 e. The number of hydrogen-bond donors (Lipinski definition) is 0. The molecule has 0 saturated carbocycles. The molecule has 0 radical (unpaired) electrons. The van der Waals surface area contributed by atoms with E-state index < -0.39 is 0 Å². The van der Waals surface area contributed by atoms with Gasteiger partial charge in [-0.05, 0) is 18.8 Å². The molecule has 0 N–H and O–H groups in total. The highest BCUT2D eigenvalue weighted by molar-refractivity contribution is 8.05. The first-order chi connectivity index (χ1) is 6.74. The van der Waals surface area contributed by atoms with E-state index in [1.54, 1.807) is 11.8 Å². The zero-order valence-electron chi connectivity index (χ0n) is 9.08. The number of allylic oxidation sites excluding steroid dienone is 1. The lowest BCUT2D eigenvalue weighted by Crippen LogP contribution is -2.34. The number of rotatable bonds is 4. The van der Waals surface area contributed by atoms with E-state index in [0.717, 1.165) is 37.8 Å². The van der Waals surface area contributed by atoms with Crippen LogP contribution in [-0.2, 0) is 4.74 Å². The molecule has 0 aromatic carbocycles. The molecule has 1 rings (SSSR count). The third-order valence-electron chi connectivity index (χ3n) is 2.32. The molecule has 0 spiro atoms. The Morgan fingerprint density at radius 1 is 1.50 bits per heavy atom. The van der Waals surface area contributed by atoms with Gasteiger partial charge in [0.15, 0.2) is 0 Å². The van der Waals surface area contributed by atoms with Crippen LogP contribution in [0.4, 0.5) is 0 Å². The Labute approximate surface area is 91.0 Å². The molecule has 80 valence electrons. The first-order valence-electron chi connectivity index (χ1n) is 5.08. The summed E-state index contributed by atoms with van der Waals surface area (Å²) < 4.78 is 5.29. The fraction of sp³-hybridized carbons (Fsp3) is 0.636. The first-order valence-corrected chi connectivity index (χ1v) is 5.96. The Morgan fingerprint density at radius 2 is 2.14 bits per heavy atom. The summed E-state index contributed by atoms with van der Waals surface area (Å²) in [5, 5.41) is 3.33. The second-order valence-electron chi connectivity index (χ2n) is 3.43. The molecule has 1 saturated heterocycles. The predicted molar refractivity (Wildman–Crippen MR) is 63.2 cm³/mol. The number of ether oxygens (including phenoxy) is 1. The standard InChI is InChI=1S/C11H19NOS/c1-4-10(2)9-14-11(3)12-5-7-13-8-6-12/h9H,3-8H2,1-2H3/b10-9+. The normalized spacial score (nSPS) is 18.4. The molecular formula is C11H19NOS. The van der Waals surface area contributed by atoms with Crippen LogP contribution in [0.1, 0.15) is 20.3 Å². The van der Waals surface area contributed by atoms with E-state index in [2.05, 4.69) is 30.7 Å². The van der Waals surface area contributed by atoms with Crippen LogP contribution in [0.25, 0.3) is 0 Å². The maximum Gasteiger partial charge on any atom is 0.0678 e. The highest BCUT2D eigenvalue weighted by Crippen LogP contribution is 2.22. The molecule has 0 bridgehead atoms. The summed E-state index contributed by atoms with van der Waals surface area (Å²) in [5.74, 6) is 0. The fourth-order valence-corrected chi connectivity index (χ4v) is 1.97. The summed E-state index contributed by atoms with van der Waals surface area (Å²) in [6.07, 6.45) is 1.11. The van der Waals surface area contributed by atoms with Gasteiger partial charge in [-0.3, -0.25) is 0 Å². The van der Waals surface area contributed by atoms with Crippen LogP contribution in [0.3, 0.4) is 0 Å². The molecule has 0 atom stereocenters. The van der Waals surface area contributed by atoms with E-state index in [0.29, 0.717) is 0 Å². The zero-order valence-corrected chi connectivity index (χ0v) is 9.90. The van der Waals surface area contributed by atoms with Crippen molar-refractivity contribution in [2.24, 2.45) is 0 Å². The van der Waals surface area contributed by atoms with Gasteiger partial charge in [0, 0.05) is 13.1 Å². The highest BCUT2D eigenvalue weighted by atomic mass is 32.2. The summed E-state index contributed by atoms with van der Waals surface area (Å²) in [5.41, 5.74) is 1.41. The van der Waals surface area contributed by atoms with Crippen molar-refractivity contribution in [3.8, 4) is 0 Å². The number of hydrogen-bond acceptors (Lipinski definition) is 3. The quantitative estimate of drug-likeness (QED) is 0.712. The van der Waals surface area contributed by atoms with Crippen molar-refractivity contribution in [2.75, 3.05) is 26.3 Å². The Balaban J connectivity index is 2.33. The van der Waals surface area contributed by atoms with Crippen molar-refractivity contribution < 1.29 is 4.74 Å². The lowest BCUT2D eigenvalue weighted by atomic mass is 10.3. The Hall–Kier alpha value is -0.410. The minimum atomic E-state index is 0.829. The summed E-state index contributed by atoms with van der Waals surface area (Å²) in [7, 11) is 0. The zero-order chi connectivity index (χ0) is 10.4. The molecule has 0 aliphatic carbocycles. The number of nitrogens with zero attached hydrogens (tertiary/aromatic N) is 1. The smallest absolute Gasteiger partial charge is 0.0678 e. The molecule has 3 heteroatoms. The van der Waals surface area contributed by atoms with Crippen LogP contribution in [0.2, 0.25) is 0 Å². The van der Waals surface area contributed by atoms with E-state index in [4.69, 9.17) is 4.74 Å². The maximum atomic E-state index is 5.29. The lowest BCUT2D eigenvalue weighted by molar-refractivity contribution is 0.0579. The third-order valence-corrected chi connectivity index (χ3v) is 3.37. The van der Waals surface area contributed by atoms with Crippen LogP contribution in [0.5, 0.6) is 0 Å². The molecule has 0 amide bonds. The van der Waals surface area contributed by atoms with Crippen molar-refractivity contribution in [2.45, 2.75) is 20.3 Å². The van der Waals surface area contributed by atoms with E-state index in [1.807, 2.05) is 0 Å². The van der Waals surface area contributed by atoms with Gasteiger partial charge in [-0.1, -0.05) is 30.8 Å². The van der Waals surface area contributed by atoms with E-state index in [-0.39, 0.29) is 0 Å². The monoisotopic (exact) mass is 213 g/mol. The van der Waals surface area contributed by atoms with E-state index in [1.165, 1.54) is 5.57 Å². The highest BCUT2D eigenvalue weighted by Gasteiger charge is 2.11. The molecule has 0 aromatic rings. The van der Waals surface area contributed by atoms with Crippen molar-refractivity contribution in [1.82, 2.24) is 4.90 Å². The lowest BCUT2D eigenvalue weighted by Gasteiger charge is -2.29. The third kappa shape index (κ3) is 3.76. The fourth-order valence-electron chi connectivity index (χ4n) is 1.14. The summed E-state index contributed by atoms with van der Waals surface area (Å²) >= 11 is 1.73.